The Morgan fingerprint density at radius 2 is 2.11 bits per heavy atom. The van der Waals surface area contributed by atoms with Gasteiger partial charge >= 0.3 is 0 Å². The molecule has 0 saturated carbocycles. The molecular weight excluding hydrogens is 258 g/mol. The summed E-state index contributed by atoms with van der Waals surface area (Å²) in [5.41, 5.74) is 9.15. The summed E-state index contributed by atoms with van der Waals surface area (Å²) >= 11 is 4.13. The SMILES string of the molecule is CCc1cccc(C(N)C2CSC(C)C(C)S2)c1. The topological polar surface area (TPSA) is 26.0 Å². The highest BCUT2D eigenvalue weighted by Crippen LogP contribution is 2.40. The summed E-state index contributed by atoms with van der Waals surface area (Å²) in [6.45, 7) is 6.84. The van der Waals surface area contributed by atoms with Crippen molar-refractivity contribution in [3.05, 3.63) is 35.4 Å². The van der Waals surface area contributed by atoms with E-state index in [1.165, 1.54) is 16.9 Å². The first-order valence-electron chi connectivity index (χ1n) is 6.73. The van der Waals surface area contributed by atoms with Gasteiger partial charge in [0.25, 0.3) is 0 Å². The van der Waals surface area contributed by atoms with Gasteiger partial charge in [0.1, 0.15) is 0 Å². The Balaban J connectivity index is 2.08. The zero-order valence-electron chi connectivity index (χ0n) is 11.4. The molecular formula is C15H23NS2. The zero-order chi connectivity index (χ0) is 13.1. The van der Waals surface area contributed by atoms with Gasteiger partial charge in [-0.05, 0) is 17.5 Å². The maximum atomic E-state index is 6.47. The molecule has 0 radical (unpaired) electrons. The van der Waals surface area contributed by atoms with E-state index in [1.807, 2.05) is 0 Å². The number of hydrogen-bond acceptors (Lipinski definition) is 3. The summed E-state index contributed by atoms with van der Waals surface area (Å²) in [6.07, 6.45) is 1.08. The fraction of sp³-hybridized carbons (Fsp3) is 0.600. The average Bonchev–Trinajstić information content (AvgIpc) is 2.41. The lowest BCUT2D eigenvalue weighted by Gasteiger charge is -2.34. The molecule has 0 aromatic heterocycles. The Bertz CT molecular complexity index is 394. The quantitative estimate of drug-likeness (QED) is 0.910. The highest BCUT2D eigenvalue weighted by molar-refractivity contribution is 8.07. The number of thioether (sulfide) groups is 2. The van der Waals surface area contributed by atoms with Crippen molar-refractivity contribution in [2.24, 2.45) is 5.73 Å². The van der Waals surface area contributed by atoms with Crippen LogP contribution in [0.15, 0.2) is 24.3 Å². The van der Waals surface area contributed by atoms with Crippen molar-refractivity contribution in [3.63, 3.8) is 0 Å². The number of aryl methyl sites for hydroxylation is 1. The Kier molecular flexibility index (Phi) is 5.05. The van der Waals surface area contributed by atoms with Crippen LogP contribution < -0.4 is 5.73 Å². The van der Waals surface area contributed by atoms with E-state index in [2.05, 4.69) is 68.6 Å². The Morgan fingerprint density at radius 1 is 1.33 bits per heavy atom. The third kappa shape index (κ3) is 3.25. The van der Waals surface area contributed by atoms with Crippen LogP contribution >= 0.6 is 23.5 Å². The molecule has 4 atom stereocenters. The summed E-state index contributed by atoms with van der Waals surface area (Å²) in [5, 5.41) is 2.00. The molecule has 1 saturated heterocycles. The van der Waals surface area contributed by atoms with Crippen LogP contribution in [0.2, 0.25) is 0 Å². The molecule has 1 aliphatic heterocycles. The van der Waals surface area contributed by atoms with Gasteiger partial charge < -0.3 is 5.73 Å². The second-order valence-electron chi connectivity index (χ2n) is 5.04. The zero-order valence-corrected chi connectivity index (χ0v) is 13.1. The third-order valence-electron chi connectivity index (χ3n) is 3.72. The van der Waals surface area contributed by atoms with Crippen molar-refractivity contribution in [3.8, 4) is 0 Å². The van der Waals surface area contributed by atoms with Crippen molar-refractivity contribution in [2.75, 3.05) is 5.75 Å². The van der Waals surface area contributed by atoms with Crippen LogP contribution in [0.4, 0.5) is 0 Å². The summed E-state index contributed by atoms with van der Waals surface area (Å²) in [5.74, 6) is 1.17. The fourth-order valence-corrected chi connectivity index (χ4v) is 5.28. The van der Waals surface area contributed by atoms with Gasteiger partial charge in [-0.25, -0.2) is 0 Å². The number of rotatable bonds is 3. The van der Waals surface area contributed by atoms with Gasteiger partial charge in [-0.3, -0.25) is 0 Å². The molecule has 0 bridgehead atoms. The van der Waals surface area contributed by atoms with E-state index in [0.717, 1.165) is 11.7 Å². The second kappa shape index (κ2) is 6.36. The minimum Gasteiger partial charge on any atom is -0.323 e. The lowest BCUT2D eigenvalue weighted by atomic mass is 10.0. The standard InChI is InChI=1S/C15H23NS2/c1-4-12-6-5-7-13(8-12)15(16)14-9-17-10(2)11(3)18-14/h5-8,10-11,14-15H,4,9,16H2,1-3H3. The van der Waals surface area contributed by atoms with E-state index in [1.54, 1.807) is 0 Å². The minimum absolute atomic E-state index is 0.170. The summed E-state index contributed by atoms with van der Waals surface area (Å²) in [4.78, 5) is 0. The van der Waals surface area contributed by atoms with Crippen LogP contribution in [0.1, 0.15) is 37.9 Å². The fourth-order valence-electron chi connectivity index (χ4n) is 2.23. The van der Waals surface area contributed by atoms with Gasteiger partial charge in [0.05, 0.1) is 0 Å². The molecule has 0 aliphatic carbocycles. The summed E-state index contributed by atoms with van der Waals surface area (Å²) in [6, 6.07) is 8.95. The predicted octanol–water partition coefficient (Wildman–Crippen LogP) is 3.87. The van der Waals surface area contributed by atoms with Gasteiger partial charge in [0, 0.05) is 27.5 Å². The molecule has 0 amide bonds. The van der Waals surface area contributed by atoms with Crippen molar-refractivity contribution < 1.29 is 0 Å². The number of hydrogen-bond donors (Lipinski definition) is 1. The molecule has 1 aliphatic rings. The first kappa shape index (κ1) is 14.3. The highest BCUT2D eigenvalue weighted by Gasteiger charge is 2.30. The Hall–Kier alpha value is -0.120. The van der Waals surface area contributed by atoms with Gasteiger partial charge in [0.15, 0.2) is 0 Å². The molecule has 3 heteroatoms. The van der Waals surface area contributed by atoms with E-state index in [-0.39, 0.29) is 6.04 Å². The molecule has 100 valence electrons. The predicted molar refractivity (Wildman–Crippen MR) is 85.5 cm³/mol. The minimum atomic E-state index is 0.170. The normalized spacial score (nSPS) is 30.1. The van der Waals surface area contributed by atoms with Crippen LogP contribution in [-0.4, -0.2) is 21.5 Å². The van der Waals surface area contributed by atoms with Crippen molar-refractivity contribution in [2.45, 2.75) is 49.0 Å². The van der Waals surface area contributed by atoms with Crippen molar-refractivity contribution >= 4 is 23.5 Å². The van der Waals surface area contributed by atoms with Gasteiger partial charge in [-0.1, -0.05) is 45.0 Å². The molecule has 2 N–H and O–H groups in total. The summed E-state index contributed by atoms with van der Waals surface area (Å²) < 4.78 is 0. The third-order valence-corrected chi connectivity index (χ3v) is 7.23. The van der Waals surface area contributed by atoms with Gasteiger partial charge in [0.2, 0.25) is 0 Å². The van der Waals surface area contributed by atoms with Crippen LogP contribution in [0.25, 0.3) is 0 Å². The van der Waals surface area contributed by atoms with Crippen LogP contribution in [-0.2, 0) is 6.42 Å². The smallest absolute Gasteiger partial charge is 0.0423 e. The lowest BCUT2D eigenvalue weighted by molar-refractivity contribution is 0.706. The molecule has 1 aromatic rings. The molecule has 4 unspecified atom stereocenters. The van der Waals surface area contributed by atoms with E-state index in [4.69, 9.17) is 5.73 Å². The van der Waals surface area contributed by atoms with E-state index in [0.29, 0.717) is 10.5 Å². The molecule has 1 aromatic carbocycles. The molecule has 18 heavy (non-hydrogen) atoms. The molecule has 1 nitrogen and oxygen atoms in total. The lowest BCUT2D eigenvalue weighted by Crippen LogP contribution is -2.34. The Labute approximate surface area is 119 Å². The second-order valence-corrected chi connectivity index (χ2v) is 8.07. The van der Waals surface area contributed by atoms with E-state index < -0.39 is 0 Å². The largest absolute Gasteiger partial charge is 0.323 e. The van der Waals surface area contributed by atoms with E-state index in [9.17, 15) is 0 Å². The number of nitrogens with two attached hydrogens (primary N) is 1. The molecule has 1 heterocycles. The van der Waals surface area contributed by atoms with Crippen molar-refractivity contribution in [1.82, 2.24) is 0 Å². The maximum absolute atomic E-state index is 6.47. The van der Waals surface area contributed by atoms with Crippen LogP contribution in [0, 0.1) is 0 Å². The highest BCUT2D eigenvalue weighted by atomic mass is 32.2. The first-order chi connectivity index (χ1) is 8.61. The van der Waals surface area contributed by atoms with Crippen LogP contribution in [0.5, 0.6) is 0 Å². The molecule has 0 spiro atoms. The molecule has 1 fully saturated rings. The first-order valence-corrected chi connectivity index (χ1v) is 8.72. The van der Waals surface area contributed by atoms with Crippen LogP contribution in [0.3, 0.4) is 0 Å². The summed E-state index contributed by atoms with van der Waals surface area (Å²) in [7, 11) is 0. The average molecular weight is 281 g/mol. The van der Waals surface area contributed by atoms with Crippen molar-refractivity contribution in [1.29, 1.82) is 0 Å². The Morgan fingerprint density at radius 3 is 2.78 bits per heavy atom. The van der Waals surface area contributed by atoms with E-state index >= 15 is 0 Å². The monoisotopic (exact) mass is 281 g/mol. The van der Waals surface area contributed by atoms with Gasteiger partial charge in [-0.15, -0.1) is 0 Å². The van der Waals surface area contributed by atoms with Gasteiger partial charge in [-0.2, -0.15) is 23.5 Å². The molecule has 2 rings (SSSR count). The maximum Gasteiger partial charge on any atom is 0.0423 e. The number of benzene rings is 1.